The zero-order valence-electron chi connectivity index (χ0n) is 17.0. The average molecular weight is 437 g/mol. The highest BCUT2D eigenvalue weighted by Gasteiger charge is 2.39. The van der Waals surface area contributed by atoms with Gasteiger partial charge in [0.05, 0.1) is 24.7 Å². The van der Waals surface area contributed by atoms with Crippen molar-refractivity contribution in [3.63, 3.8) is 0 Å². The van der Waals surface area contributed by atoms with Gasteiger partial charge in [0.2, 0.25) is 11.8 Å². The summed E-state index contributed by atoms with van der Waals surface area (Å²) in [6, 6.07) is 20.1. The Bertz CT molecular complexity index is 1030. The fraction of sp³-hybridized carbons (Fsp3) is 0.250. The van der Waals surface area contributed by atoms with E-state index in [1.54, 1.807) is 11.3 Å². The third kappa shape index (κ3) is 4.45. The molecule has 0 aliphatic carbocycles. The Hall–Kier alpha value is -2.57. The fourth-order valence-electron chi connectivity index (χ4n) is 3.48. The van der Waals surface area contributed by atoms with E-state index in [-0.39, 0.29) is 11.8 Å². The number of rotatable bonds is 6. The first-order valence-corrected chi connectivity index (χ1v) is 11.7. The van der Waals surface area contributed by atoms with Crippen LogP contribution in [0, 0.1) is 12.8 Å². The number of benzene rings is 2. The summed E-state index contributed by atoms with van der Waals surface area (Å²) in [5.74, 6) is -0.543. The molecule has 2 amide bonds. The number of hydrogen-bond acceptors (Lipinski definition) is 4. The molecule has 4 rings (SSSR count). The lowest BCUT2D eigenvalue weighted by atomic mass is 10.0. The van der Waals surface area contributed by atoms with Crippen LogP contribution in [0.5, 0.6) is 0 Å². The summed E-state index contributed by atoms with van der Waals surface area (Å²) >= 11 is 3.10. The maximum atomic E-state index is 13.5. The van der Waals surface area contributed by atoms with Gasteiger partial charge in [-0.15, -0.1) is 23.1 Å². The lowest BCUT2D eigenvalue weighted by molar-refractivity contribution is -0.128. The number of carbonyl (C=O) groups excluding carboxylic acids is 2. The second kappa shape index (κ2) is 9.06. The molecule has 0 radical (unpaired) electrons. The first-order valence-electron chi connectivity index (χ1n) is 9.95. The summed E-state index contributed by atoms with van der Waals surface area (Å²) in [5.41, 5.74) is 3.17. The number of thioether (sulfide) groups is 1. The number of amides is 2. The van der Waals surface area contributed by atoms with E-state index < -0.39 is 11.2 Å². The molecule has 6 heteroatoms. The highest BCUT2D eigenvalue weighted by Crippen LogP contribution is 2.42. The molecule has 4 nitrogen and oxygen atoms in total. The largest absolute Gasteiger partial charge is 0.351 e. The van der Waals surface area contributed by atoms with Crippen molar-refractivity contribution in [1.82, 2.24) is 5.32 Å². The van der Waals surface area contributed by atoms with E-state index in [1.807, 2.05) is 60.5 Å². The molecule has 0 unspecified atom stereocenters. The Kier molecular flexibility index (Phi) is 6.25. The Morgan fingerprint density at radius 3 is 2.60 bits per heavy atom. The van der Waals surface area contributed by atoms with Gasteiger partial charge in [0, 0.05) is 9.77 Å². The van der Waals surface area contributed by atoms with E-state index in [9.17, 15) is 9.59 Å². The van der Waals surface area contributed by atoms with Crippen LogP contribution < -0.4 is 10.2 Å². The van der Waals surface area contributed by atoms with E-state index in [0.29, 0.717) is 13.1 Å². The van der Waals surface area contributed by atoms with Gasteiger partial charge in [-0.25, -0.2) is 0 Å². The molecular formula is C24H24N2O2S2. The minimum absolute atomic E-state index is 0.0157. The number of fused-ring (bicyclic) bond motifs is 1. The number of nitrogens with one attached hydrogen (secondary N) is 1. The topological polar surface area (TPSA) is 49.4 Å². The minimum atomic E-state index is -0.450. The van der Waals surface area contributed by atoms with Crippen molar-refractivity contribution in [1.29, 1.82) is 0 Å². The third-order valence-corrected chi connectivity index (χ3v) is 7.60. The van der Waals surface area contributed by atoms with Gasteiger partial charge in [0.25, 0.3) is 0 Å². The molecule has 1 N–H and O–H groups in total. The normalized spacial score (nSPS) is 16.8. The molecular weight excluding hydrogens is 412 g/mol. The van der Waals surface area contributed by atoms with Crippen molar-refractivity contribution < 1.29 is 9.59 Å². The number of thiophene rings is 1. The molecule has 1 aromatic heterocycles. The van der Waals surface area contributed by atoms with Gasteiger partial charge in [-0.05, 0) is 36.1 Å². The smallest absolute Gasteiger partial charge is 0.241 e. The fourth-order valence-corrected chi connectivity index (χ4v) is 5.41. The van der Waals surface area contributed by atoms with Crippen molar-refractivity contribution in [2.24, 2.45) is 5.92 Å². The molecule has 1 aliphatic rings. The summed E-state index contributed by atoms with van der Waals surface area (Å²) in [4.78, 5) is 30.2. The standard InChI is InChI=1S/C24H24N2O2S2/c1-16-9-11-18(12-10-16)15-26-20-7-3-4-8-21(20)30-22(24(26)28)17(2)23(27)25-14-19-6-5-13-29-19/h3-13,17,22H,14-15H2,1-2H3,(H,25,27)/t17-,22-/m0/s1. The first-order chi connectivity index (χ1) is 14.5. The van der Waals surface area contributed by atoms with Crippen LogP contribution in [0.3, 0.4) is 0 Å². The number of nitrogens with zero attached hydrogens (tertiary/aromatic N) is 1. The number of anilines is 1. The quantitative estimate of drug-likeness (QED) is 0.590. The number of aryl methyl sites for hydroxylation is 1. The second-order valence-corrected chi connectivity index (χ2v) is 9.72. The number of carbonyl (C=O) groups is 2. The van der Waals surface area contributed by atoms with Crippen molar-refractivity contribution in [2.45, 2.75) is 37.1 Å². The molecule has 154 valence electrons. The SMILES string of the molecule is Cc1ccc(CN2C(=O)[C@H]([C@H](C)C(=O)NCc3cccs3)Sc3ccccc32)cc1. The minimum Gasteiger partial charge on any atom is -0.351 e. The average Bonchev–Trinajstić information content (AvgIpc) is 3.28. The molecule has 3 aromatic rings. The van der Waals surface area contributed by atoms with Crippen LogP contribution in [0.4, 0.5) is 5.69 Å². The van der Waals surface area contributed by atoms with Gasteiger partial charge in [0.1, 0.15) is 5.25 Å². The Morgan fingerprint density at radius 1 is 1.10 bits per heavy atom. The highest BCUT2D eigenvalue weighted by atomic mass is 32.2. The van der Waals surface area contributed by atoms with Crippen LogP contribution in [0.15, 0.2) is 70.9 Å². The third-order valence-electron chi connectivity index (χ3n) is 5.27. The van der Waals surface area contributed by atoms with E-state index >= 15 is 0 Å². The zero-order chi connectivity index (χ0) is 21.1. The van der Waals surface area contributed by atoms with Gasteiger partial charge < -0.3 is 10.2 Å². The predicted octanol–water partition coefficient (Wildman–Crippen LogP) is 5.02. The summed E-state index contributed by atoms with van der Waals surface area (Å²) < 4.78 is 0. The van der Waals surface area contributed by atoms with Crippen LogP contribution in [0.1, 0.15) is 22.9 Å². The number of para-hydroxylation sites is 1. The van der Waals surface area contributed by atoms with Crippen LogP contribution in [0.25, 0.3) is 0 Å². The van der Waals surface area contributed by atoms with Crippen LogP contribution in [-0.4, -0.2) is 17.1 Å². The number of hydrogen-bond donors (Lipinski definition) is 1. The van der Waals surface area contributed by atoms with Crippen molar-refractivity contribution in [3.8, 4) is 0 Å². The van der Waals surface area contributed by atoms with Gasteiger partial charge in [-0.1, -0.05) is 55.0 Å². The van der Waals surface area contributed by atoms with Gasteiger partial charge in [-0.3, -0.25) is 9.59 Å². The summed E-state index contributed by atoms with van der Waals surface area (Å²) in [6.07, 6.45) is 0. The van der Waals surface area contributed by atoms with Crippen molar-refractivity contribution in [3.05, 3.63) is 82.0 Å². The Balaban J connectivity index is 1.54. The van der Waals surface area contributed by atoms with E-state index in [1.165, 1.54) is 17.3 Å². The molecule has 0 bridgehead atoms. The van der Waals surface area contributed by atoms with Gasteiger partial charge in [-0.2, -0.15) is 0 Å². The Morgan fingerprint density at radius 2 is 1.87 bits per heavy atom. The molecule has 1 aliphatic heterocycles. The molecule has 0 saturated heterocycles. The highest BCUT2D eigenvalue weighted by molar-refractivity contribution is 8.01. The lowest BCUT2D eigenvalue weighted by Crippen LogP contribution is -2.47. The second-order valence-electron chi connectivity index (χ2n) is 7.50. The summed E-state index contributed by atoms with van der Waals surface area (Å²) in [7, 11) is 0. The van der Waals surface area contributed by atoms with E-state index in [2.05, 4.69) is 29.6 Å². The maximum Gasteiger partial charge on any atom is 0.241 e. The van der Waals surface area contributed by atoms with Crippen LogP contribution >= 0.6 is 23.1 Å². The first kappa shape index (κ1) is 20.7. The zero-order valence-corrected chi connectivity index (χ0v) is 18.6. The predicted molar refractivity (Wildman–Crippen MR) is 124 cm³/mol. The molecule has 2 heterocycles. The molecule has 0 fully saturated rings. The van der Waals surface area contributed by atoms with Gasteiger partial charge >= 0.3 is 0 Å². The molecule has 0 saturated carbocycles. The van der Waals surface area contributed by atoms with E-state index in [0.717, 1.165) is 21.0 Å². The maximum absolute atomic E-state index is 13.5. The van der Waals surface area contributed by atoms with Crippen LogP contribution in [-0.2, 0) is 22.7 Å². The molecule has 2 aromatic carbocycles. The molecule has 2 atom stereocenters. The van der Waals surface area contributed by atoms with Crippen molar-refractivity contribution in [2.75, 3.05) is 4.90 Å². The molecule has 0 spiro atoms. The summed E-state index contributed by atoms with van der Waals surface area (Å²) in [6.45, 7) is 4.89. The van der Waals surface area contributed by atoms with Crippen LogP contribution in [0.2, 0.25) is 0 Å². The summed E-state index contributed by atoms with van der Waals surface area (Å²) in [5, 5.41) is 4.53. The Labute approximate surface area is 185 Å². The van der Waals surface area contributed by atoms with Gasteiger partial charge in [0.15, 0.2) is 0 Å². The van der Waals surface area contributed by atoms with Crippen molar-refractivity contribution >= 4 is 40.6 Å². The lowest BCUT2D eigenvalue weighted by Gasteiger charge is -2.35. The van der Waals surface area contributed by atoms with E-state index in [4.69, 9.17) is 0 Å². The molecule has 30 heavy (non-hydrogen) atoms. The monoisotopic (exact) mass is 436 g/mol.